The van der Waals surface area contributed by atoms with Crippen molar-refractivity contribution in [1.82, 2.24) is 14.8 Å². The van der Waals surface area contributed by atoms with Crippen molar-refractivity contribution in [1.29, 1.82) is 0 Å². The van der Waals surface area contributed by atoms with Crippen molar-refractivity contribution in [3.05, 3.63) is 59.4 Å². The monoisotopic (exact) mass is 390 g/mol. The van der Waals surface area contributed by atoms with Crippen molar-refractivity contribution in [3.63, 3.8) is 0 Å². The number of carbonyl (C=O) groups is 3. The van der Waals surface area contributed by atoms with Crippen molar-refractivity contribution in [2.75, 3.05) is 25.5 Å². The number of aromatic nitrogens is 1. The van der Waals surface area contributed by atoms with Gasteiger partial charge in [0.1, 0.15) is 5.70 Å². The van der Waals surface area contributed by atoms with E-state index in [1.807, 2.05) is 37.3 Å². The minimum Gasteiger partial charge on any atom is -0.357 e. The van der Waals surface area contributed by atoms with E-state index in [-0.39, 0.29) is 24.3 Å². The number of pyridine rings is 1. The van der Waals surface area contributed by atoms with Crippen LogP contribution in [0, 0.1) is 6.92 Å². The highest BCUT2D eigenvalue weighted by Gasteiger charge is 2.40. The third-order valence-corrected chi connectivity index (χ3v) is 5.26. The lowest BCUT2D eigenvalue weighted by atomic mass is 10.0. The molecule has 0 bridgehead atoms. The third kappa shape index (κ3) is 3.63. The highest BCUT2D eigenvalue weighted by atomic mass is 16.2. The Morgan fingerprint density at radius 3 is 2.55 bits per heavy atom. The predicted octanol–water partition coefficient (Wildman–Crippen LogP) is 2.34. The summed E-state index contributed by atoms with van der Waals surface area (Å²) < 4.78 is 0. The first-order chi connectivity index (χ1) is 13.9. The van der Waals surface area contributed by atoms with Crippen LogP contribution in [0.3, 0.4) is 0 Å². The van der Waals surface area contributed by atoms with E-state index in [1.165, 1.54) is 12.6 Å². The molecule has 1 aromatic carbocycles. The van der Waals surface area contributed by atoms with Crippen molar-refractivity contribution < 1.29 is 14.4 Å². The Labute approximate surface area is 169 Å². The SMILES string of the molecule is Cc1ccc(-c2ccc(NC(=O)CN3CCCC4=C3C(=O)N(C)C4=O)cn2)cc1. The predicted molar refractivity (Wildman–Crippen MR) is 109 cm³/mol. The standard InChI is InChI=1S/C22H22N4O3/c1-14-5-7-15(8-6-14)18-10-9-16(12-23-18)24-19(27)13-26-11-3-4-17-20(26)22(29)25(2)21(17)28/h5-10,12H,3-4,11,13H2,1-2H3,(H,24,27). The zero-order valence-corrected chi connectivity index (χ0v) is 16.4. The van der Waals surface area contributed by atoms with Gasteiger partial charge in [0.15, 0.2) is 0 Å². The Hall–Kier alpha value is -3.48. The van der Waals surface area contributed by atoms with Gasteiger partial charge >= 0.3 is 0 Å². The highest BCUT2D eigenvalue weighted by Crippen LogP contribution is 2.30. The molecule has 4 rings (SSSR count). The number of likely N-dealkylation sites (N-methyl/N-ethyl adjacent to an activating group) is 1. The van der Waals surface area contributed by atoms with E-state index >= 15 is 0 Å². The fourth-order valence-corrected chi connectivity index (χ4v) is 3.69. The Bertz CT molecular complexity index is 1010. The zero-order chi connectivity index (χ0) is 20.5. The molecule has 0 saturated heterocycles. The molecule has 0 radical (unpaired) electrons. The Morgan fingerprint density at radius 2 is 1.86 bits per heavy atom. The Balaban J connectivity index is 1.43. The largest absolute Gasteiger partial charge is 0.357 e. The zero-order valence-electron chi connectivity index (χ0n) is 16.4. The number of amides is 3. The lowest BCUT2D eigenvalue weighted by Crippen LogP contribution is -2.38. The molecule has 0 fully saturated rings. The van der Waals surface area contributed by atoms with Crippen LogP contribution < -0.4 is 5.32 Å². The van der Waals surface area contributed by atoms with Gasteiger partial charge in [0.05, 0.1) is 24.1 Å². The lowest BCUT2D eigenvalue weighted by molar-refractivity contribution is -0.136. The topological polar surface area (TPSA) is 82.6 Å². The van der Waals surface area contributed by atoms with Crippen LogP contribution in [0.1, 0.15) is 18.4 Å². The first kappa shape index (κ1) is 18.9. The maximum Gasteiger partial charge on any atom is 0.277 e. The summed E-state index contributed by atoms with van der Waals surface area (Å²) in [6.07, 6.45) is 2.94. The normalized spacial score (nSPS) is 16.3. The van der Waals surface area contributed by atoms with E-state index in [1.54, 1.807) is 17.2 Å². The van der Waals surface area contributed by atoms with Crippen LogP contribution in [-0.4, -0.2) is 52.6 Å². The molecule has 3 heterocycles. The average Bonchev–Trinajstić information content (AvgIpc) is 2.94. The van der Waals surface area contributed by atoms with Gasteiger partial charge in [-0.05, 0) is 31.9 Å². The highest BCUT2D eigenvalue weighted by molar-refractivity contribution is 6.19. The third-order valence-electron chi connectivity index (χ3n) is 5.26. The summed E-state index contributed by atoms with van der Waals surface area (Å²) in [4.78, 5) is 44.3. The summed E-state index contributed by atoms with van der Waals surface area (Å²) in [7, 11) is 1.47. The van der Waals surface area contributed by atoms with Gasteiger partial charge < -0.3 is 10.2 Å². The maximum atomic E-state index is 12.5. The summed E-state index contributed by atoms with van der Waals surface area (Å²) in [5, 5.41) is 2.82. The molecular formula is C22H22N4O3. The molecule has 0 aliphatic carbocycles. The van der Waals surface area contributed by atoms with Gasteiger partial charge in [-0.25, -0.2) is 0 Å². The number of rotatable bonds is 4. The number of carbonyl (C=O) groups excluding carboxylic acids is 3. The van der Waals surface area contributed by atoms with E-state index in [0.29, 0.717) is 29.9 Å². The van der Waals surface area contributed by atoms with Crippen LogP contribution in [0.2, 0.25) is 0 Å². The number of hydrogen-bond donors (Lipinski definition) is 1. The van der Waals surface area contributed by atoms with Crippen LogP contribution in [0.25, 0.3) is 11.3 Å². The summed E-state index contributed by atoms with van der Waals surface area (Å²) in [5.74, 6) is -0.842. The van der Waals surface area contributed by atoms with Crippen LogP contribution in [0.4, 0.5) is 5.69 Å². The second-order valence-electron chi connectivity index (χ2n) is 7.37. The molecule has 3 amide bonds. The number of hydrogen-bond acceptors (Lipinski definition) is 5. The molecule has 1 N–H and O–H groups in total. The molecule has 148 valence electrons. The molecule has 1 aromatic heterocycles. The summed E-state index contributed by atoms with van der Waals surface area (Å²) in [6, 6.07) is 11.7. The minimum absolute atomic E-state index is 0.0193. The molecule has 29 heavy (non-hydrogen) atoms. The van der Waals surface area contributed by atoms with E-state index in [2.05, 4.69) is 10.3 Å². The van der Waals surface area contributed by atoms with Gasteiger partial charge in [-0.2, -0.15) is 0 Å². The first-order valence-corrected chi connectivity index (χ1v) is 9.57. The second kappa shape index (κ2) is 7.50. The van der Waals surface area contributed by atoms with Crippen LogP contribution in [-0.2, 0) is 14.4 Å². The number of aryl methyl sites for hydroxylation is 1. The summed E-state index contributed by atoms with van der Waals surface area (Å²) in [6.45, 7) is 2.62. The van der Waals surface area contributed by atoms with Crippen molar-refractivity contribution in [3.8, 4) is 11.3 Å². The molecule has 0 unspecified atom stereocenters. The fraction of sp³-hybridized carbons (Fsp3) is 0.273. The number of imide groups is 1. The molecule has 2 aromatic rings. The molecule has 7 heteroatoms. The number of nitrogens with one attached hydrogen (secondary N) is 1. The van der Waals surface area contributed by atoms with Crippen LogP contribution >= 0.6 is 0 Å². The first-order valence-electron chi connectivity index (χ1n) is 9.57. The summed E-state index contributed by atoms with van der Waals surface area (Å²) >= 11 is 0. The maximum absolute atomic E-state index is 12.5. The quantitative estimate of drug-likeness (QED) is 0.811. The van der Waals surface area contributed by atoms with E-state index in [9.17, 15) is 14.4 Å². The Morgan fingerprint density at radius 1 is 1.10 bits per heavy atom. The van der Waals surface area contributed by atoms with Gasteiger partial charge in [-0.15, -0.1) is 0 Å². The number of nitrogens with zero attached hydrogens (tertiary/aromatic N) is 3. The van der Waals surface area contributed by atoms with E-state index in [4.69, 9.17) is 0 Å². The lowest BCUT2D eigenvalue weighted by Gasteiger charge is -2.28. The Kier molecular flexibility index (Phi) is 4.88. The van der Waals surface area contributed by atoms with Gasteiger partial charge in [-0.3, -0.25) is 24.3 Å². The molecule has 0 saturated carbocycles. The molecule has 0 spiro atoms. The molecule has 2 aliphatic rings. The molecule has 7 nitrogen and oxygen atoms in total. The van der Waals surface area contributed by atoms with E-state index < -0.39 is 0 Å². The number of anilines is 1. The molecule has 0 atom stereocenters. The minimum atomic E-state index is -0.332. The van der Waals surface area contributed by atoms with Crippen molar-refractivity contribution >= 4 is 23.4 Å². The molecule has 2 aliphatic heterocycles. The van der Waals surface area contributed by atoms with Crippen molar-refractivity contribution in [2.45, 2.75) is 19.8 Å². The van der Waals surface area contributed by atoms with Crippen molar-refractivity contribution in [2.24, 2.45) is 0 Å². The van der Waals surface area contributed by atoms with Gasteiger partial charge in [-0.1, -0.05) is 29.8 Å². The second-order valence-corrected chi connectivity index (χ2v) is 7.37. The van der Waals surface area contributed by atoms with Crippen LogP contribution in [0.5, 0.6) is 0 Å². The van der Waals surface area contributed by atoms with Crippen LogP contribution in [0.15, 0.2) is 53.9 Å². The van der Waals surface area contributed by atoms with Gasteiger partial charge in [0.2, 0.25) is 5.91 Å². The van der Waals surface area contributed by atoms with E-state index in [0.717, 1.165) is 22.6 Å². The van der Waals surface area contributed by atoms with Gasteiger partial charge in [0.25, 0.3) is 11.8 Å². The van der Waals surface area contributed by atoms with Gasteiger partial charge in [0, 0.05) is 24.7 Å². The molecular weight excluding hydrogens is 368 g/mol. The number of benzene rings is 1. The fourth-order valence-electron chi connectivity index (χ4n) is 3.69. The summed E-state index contributed by atoms with van der Waals surface area (Å²) in [5.41, 5.74) is 4.49. The smallest absolute Gasteiger partial charge is 0.277 e. The average molecular weight is 390 g/mol.